The zero-order valence-electron chi connectivity index (χ0n) is 28.8. The topological polar surface area (TPSA) is 374 Å². The second-order valence-corrected chi connectivity index (χ2v) is 11.8. The highest BCUT2D eigenvalue weighted by molar-refractivity contribution is 5.68. The van der Waals surface area contributed by atoms with Gasteiger partial charge in [-0.3, -0.25) is 24.0 Å². The van der Waals surface area contributed by atoms with E-state index in [0.29, 0.717) is 0 Å². The molecule has 0 bridgehead atoms. The van der Waals surface area contributed by atoms with Crippen molar-refractivity contribution in [2.24, 2.45) is 26.4 Å². The number of ether oxygens (including phenoxy) is 8. The van der Waals surface area contributed by atoms with Gasteiger partial charge in [-0.2, -0.15) is 0 Å². The summed E-state index contributed by atoms with van der Waals surface area (Å²) in [5, 5.41) is 25.7. The summed E-state index contributed by atoms with van der Waals surface area (Å²) in [4.78, 5) is 72.2. The highest BCUT2D eigenvalue weighted by atomic mass is 16.7. The first-order valence-corrected chi connectivity index (χ1v) is 15.8. The Morgan fingerprint density at radius 2 is 1.21 bits per heavy atom. The van der Waals surface area contributed by atoms with Crippen LogP contribution in [0.4, 0.5) is 0 Å². The quantitative estimate of drug-likeness (QED) is 0.0870. The predicted octanol–water partition coefficient (Wildman–Crippen LogP) is 1.88. The maximum Gasteiger partial charge on any atom is 0.303 e. The molecule has 2 heterocycles. The molecule has 14 atom stereocenters. The Balaban J connectivity index is 2.22. The van der Waals surface area contributed by atoms with Crippen LogP contribution in [0.15, 0.2) is 20.5 Å². The molecule has 26 nitrogen and oxygen atoms in total. The van der Waals surface area contributed by atoms with Crippen molar-refractivity contribution in [3.63, 3.8) is 0 Å². The van der Waals surface area contributed by atoms with Gasteiger partial charge in [-0.15, -0.1) is 0 Å². The lowest BCUT2D eigenvalue weighted by atomic mass is 9.73. The lowest BCUT2D eigenvalue weighted by molar-refractivity contribution is -0.285. The van der Waals surface area contributed by atoms with Crippen molar-refractivity contribution < 1.29 is 67.0 Å². The fourth-order valence-electron chi connectivity index (χ4n) is 6.48. The van der Waals surface area contributed by atoms with Crippen molar-refractivity contribution in [2.45, 2.75) is 120 Å². The summed E-state index contributed by atoms with van der Waals surface area (Å²) in [6, 6.07) is -4.18. The minimum atomic E-state index is -1.80. The van der Waals surface area contributed by atoms with Gasteiger partial charge in [-0.05, 0) is 28.5 Å². The molecule has 53 heavy (non-hydrogen) atoms. The molecule has 1 aliphatic carbocycles. The summed E-state index contributed by atoms with van der Waals surface area (Å²) in [6.07, 6.45) is -16.0. The molecule has 2 aliphatic heterocycles. The van der Waals surface area contributed by atoms with E-state index in [9.17, 15) is 40.1 Å². The molecule has 2 saturated heterocycles. The third-order valence-electron chi connectivity index (χ3n) is 8.24. The van der Waals surface area contributed by atoms with E-state index in [1.54, 1.807) is 0 Å². The average Bonchev–Trinajstić information content (AvgIpc) is 3.38. The third-order valence-corrected chi connectivity index (χ3v) is 8.24. The van der Waals surface area contributed by atoms with E-state index < -0.39 is 128 Å². The van der Waals surface area contributed by atoms with Gasteiger partial charge in [0.1, 0.15) is 43.2 Å². The summed E-state index contributed by atoms with van der Waals surface area (Å²) >= 11 is 0. The first-order valence-electron chi connectivity index (χ1n) is 15.8. The number of nitrogens with zero attached hydrogens (tertiary/aromatic N) is 12. The van der Waals surface area contributed by atoms with Gasteiger partial charge in [0.15, 0.2) is 24.6 Å². The standard InChI is InChI=1S/C27H36N12O14/c1-9(40)46-8-17-22(53-27-19(35-39-31)25(49-12(4)43)21(47-10(2)41)16(52-27)7-32-36-28)26(50-13(5)44)24(51-17)18-14(33-37-29)6-15(34-38-30)20(45)23(18)48-11(3)42/h14-27,45H,6-8H2,1-5H3/t14-,15+,16+,17-,18+,19-,20-,21-,22-,23-,24+,25-,26-,27-/m1/s1. The number of hydrogen-bond donors (Lipinski definition) is 1. The minimum absolute atomic E-state index is 0.294. The van der Waals surface area contributed by atoms with E-state index in [1.165, 1.54) is 0 Å². The molecule has 0 aromatic carbocycles. The van der Waals surface area contributed by atoms with Crippen molar-refractivity contribution >= 4 is 29.8 Å². The Labute approximate surface area is 298 Å². The molecule has 3 rings (SSSR count). The Bertz CT molecular complexity index is 1590. The summed E-state index contributed by atoms with van der Waals surface area (Å²) in [5.74, 6) is -5.78. The fraction of sp³-hybridized carbons (Fsp3) is 0.815. The van der Waals surface area contributed by atoms with Crippen molar-refractivity contribution in [3.8, 4) is 0 Å². The molecule has 26 heteroatoms. The van der Waals surface area contributed by atoms with Gasteiger partial charge in [0, 0.05) is 66.2 Å². The van der Waals surface area contributed by atoms with E-state index in [0.717, 1.165) is 34.6 Å². The van der Waals surface area contributed by atoms with Crippen molar-refractivity contribution in [1.29, 1.82) is 0 Å². The second-order valence-electron chi connectivity index (χ2n) is 11.8. The van der Waals surface area contributed by atoms with Crippen LogP contribution >= 0.6 is 0 Å². The van der Waals surface area contributed by atoms with Gasteiger partial charge in [0.2, 0.25) is 0 Å². The molecular formula is C27H36N12O14. The molecule has 0 amide bonds. The molecule has 1 saturated carbocycles. The Morgan fingerprint density at radius 1 is 0.660 bits per heavy atom. The monoisotopic (exact) mass is 752 g/mol. The van der Waals surface area contributed by atoms with E-state index in [4.69, 9.17) is 49.0 Å². The Kier molecular flexibility index (Phi) is 15.3. The lowest BCUT2D eigenvalue weighted by Crippen LogP contribution is -2.62. The zero-order valence-corrected chi connectivity index (χ0v) is 28.8. The van der Waals surface area contributed by atoms with Crippen LogP contribution in [0.5, 0.6) is 0 Å². The first kappa shape index (κ1) is 41.8. The minimum Gasteiger partial charge on any atom is -0.463 e. The third kappa shape index (κ3) is 10.7. The lowest BCUT2D eigenvalue weighted by Gasteiger charge is -2.45. The van der Waals surface area contributed by atoms with Gasteiger partial charge in [-0.25, -0.2) is 0 Å². The number of esters is 5. The number of aliphatic hydroxyl groups excluding tert-OH is 1. The highest BCUT2D eigenvalue weighted by Crippen LogP contribution is 2.43. The summed E-state index contributed by atoms with van der Waals surface area (Å²) < 4.78 is 45.6. The maximum atomic E-state index is 12.6. The van der Waals surface area contributed by atoms with Gasteiger partial charge in [0.25, 0.3) is 0 Å². The molecule has 0 aromatic rings. The van der Waals surface area contributed by atoms with E-state index in [-0.39, 0.29) is 6.42 Å². The first-order chi connectivity index (χ1) is 25.2. The van der Waals surface area contributed by atoms with E-state index in [2.05, 4.69) is 40.1 Å². The molecular weight excluding hydrogens is 716 g/mol. The number of rotatable bonds is 14. The van der Waals surface area contributed by atoms with Gasteiger partial charge in [-0.1, -0.05) is 20.5 Å². The van der Waals surface area contributed by atoms with Gasteiger partial charge in [0.05, 0.1) is 18.7 Å². The Hall–Kier alpha value is -5.57. The Morgan fingerprint density at radius 3 is 1.75 bits per heavy atom. The van der Waals surface area contributed by atoms with Crippen LogP contribution in [0.1, 0.15) is 41.0 Å². The second kappa shape index (κ2) is 19.3. The van der Waals surface area contributed by atoms with Gasteiger partial charge < -0.3 is 43.0 Å². The van der Waals surface area contributed by atoms with Crippen molar-refractivity contribution in [2.75, 3.05) is 13.2 Å². The number of carbonyl (C=O) groups is 5. The molecule has 1 N–H and O–H groups in total. The average molecular weight is 753 g/mol. The van der Waals surface area contributed by atoms with Crippen molar-refractivity contribution in [3.05, 3.63) is 41.8 Å². The summed E-state index contributed by atoms with van der Waals surface area (Å²) in [7, 11) is 0. The van der Waals surface area contributed by atoms with E-state index in [1.807, 2.05) is 0 Å². The SMILES string of the molecule is CC(=O)OC[C@H]1O[C@@H]([C@@H]2[C@@H](OC(C)=O)[C@H](O)[C@@H](N=[N+]=[N-])C[C@H]2N=[N+]=[N-])[C@H](OC(C)=O)[C@@H]1O[C@H]1O[C@@H](CN=[N+]=[N-])[C@@H](OC(C)=O)[C@H](OC(C)=O)[C@H]1N=[N+]=[N-]. The van der Waals surface area contributed by atoms with Crippen LogP contribution in [-0.2, 0) is 61.9 Å². The zero-order chi connectivity index (χ0) is 39.4. The molecule has 0 aromatic heterocycles. The number of aliphatic hydroxyl groups is 1. The van der Waals surface area contributed by atoms with Crippen molar-refractivity contribution in [1.82, 2.24) is 0 Å². The van der Waals surface area contributed by atoms with Crippen LogP contribution in [-0.4, -0.2) is 127 Å². The summed E-state index contributed by atoms with van der Waals surface area (Å²) in [5.41, 5.74) is 37.1. The van der Waals surface area contributed by atoms with E-state index >= 15 is 0 Å². The normalized spacial score (nSPS) is 34.6. The maximum absolute atomic E-state index is 12.6. The molecule has 288 valence electrons. The molecule has 0 unspecified atom stereocenters. The largest absolute Gasteiger partial charge is 0.463 e. The molecule has 3 fully saturated rings. The van der Waals surface area contributed by atoms with Crippen LogP contribution in [0, 0.1) is 5.92 Å². The fourth-order valence-corrected chi connectivity index (χ4v) is 6.48. The predicted molar refractivity (Wildman–Crippen MR) is 168 cm³/mol. The van der Waals surface area contributed by atoms with Crippen LogP contribution in [0.2, 0.25) is 0 Å². The number of hydrogen-bond acceptors (Lipinski definition) is 18. The van der Waals surface area contributed by atoms with Crippen LogP contribution in [0.25, 0.3) is 41.8 Å². The summed E-state index contributed by atoms with van der Waals surface area (Å²) in [6.45, 7) is 4.03. The van der Waals surface area contributed by atoms with Gasteiger partial charge >= 0.3 is 29.8 Å². The number of azide groups is 4. The molecule has 3 aliphatic rings. The highest BCUT2D eigenvalue weighted by Gasteiger charge is 2.60. The molecule has 0 spiro atoms. The van der Waals surface area contributed by atoms with Crippen LogP contribution in [0.3, 0.4) is 0 Å². The number of carbonyl (C=O) groups excluding carboxylic acids is 5. The molecule has 0 radical (unpaired) electrons. The smallest absolute Gasteiger partial charge is 0.303 e. The van der Waals surface area contributed by atoms with Crippen LogP contribution < -0.4 is 0 Å².